The van der Waals surface area contributed by atoms with E-state index in [-0.39, 0.29) is 5.41 Å². The lowest BCUT2D eigenvalue weighted by atomic mass is 9.82. The highest BCUT2D eigenvalue weighted by Gasteiger charge is 2.35. The average Bonchev–Trinajstić information content (AvgIpc) is 3.49. The number of nitrogens with zero attached hydrogens (tertiary/aromatic N) is 1. The van der Waals surface area contributed by atoms with Gasteiger partial charge in [-0.1, -0.05) is 172 Å². The number of hydrogen-bond donors (Lipinski definition) is 0. The van der Waals surface area contributed by atoms with Gasteiger partial charge in [-0.05, 0) is 130 Å². The van der Waals surface area contributed by atoms with E-state index in [0.29, 0.717) is 0 Å². The Labute approximate surface area is 327 Å². The lowest BCUT2D eigenvalue weighted by molar-refractivity contribution is 0.660. The van der Waals surface area contributed by atoms with E-state index in [2.05, 4.69) is 219 Å². The third-order valence-corrected chi connectivity index (χ3v) is 12.2. The van der Waals surface area contributed by atoms with Crippen LogP contribution in [0.15, 0.2) is 200 Å². The van der Waals surface area contributed by atoms with Crippen molar-refractivity contribution in [2.45, 2.75) is 19.3 Å². The molecule has 0 bridgehead atoms. The summed E-state index contributed by atoms with van der Waals surface area (Å²) in [6.07, 6.45) is 0. The molecule has 0 radical (unpaired) electrons. The van der Waals surface area contributed by atoms with Gasteiger partial charge in [0.25, 0.3) is 0 Å². The molecule has 1 aliphatic carbocycles. The van der Waals surface area contributed by atoms with Crippen LogP contribution in [0.2, 0.25) is 0 Å². The molecule has 1 heteroatoms. The molecule has 56 heavy (non-hydrogen) atoms. The Balaban J connectivity index is 1.08. The summed E-state index contributed by atoms with van der Waals surface area (Å²) in [4.78, 5) is 2.42. The van der Waals surface area contributed by atoms with E-state index in [1.807, 2.05) is 0 Å². The summed E-state index contributed by atoms with van der Waals surface area (Å²) < 4.78 is 0. The smallest absolute Gasteiger partial charge is 0.0467 e. The van der Waals surface area contributed by atoms with E-state index < -0.39 is 0 Å². The fourth-order valence-corrected chi connectivity index (χ4v) is 9.36. The van der Waals surface area contributed by atoms with Crippen LogP contribution in [0.1, 0.15) is 25.0 Å². The second-order valence-electron chi connectivity index (χ2n) is 15.7. The Kier molecular flexibility index (Phi) is 7.28. The van der Waals surface area contributed by atoms with Crippen LogP contribution >= 0.6 is 0 Å². The Morgan fingerprint density at radius 2 is 0.857 bits per heavy atom. The predicted molar refractivity (Wildman–Crippen MR) is 240 cm³/mol. The van der Waals surface area contributed by atoms with Crippen LogP contribution in [0.4, 0.5) is 17.1 Å². The first-order chi connectivity index (χ1) is 27.5. The molecule has 0 saturated carbocycles. The van der Waals surface area contributed by atoms with Crippen molar-refractivity contribution in [2.75, 3.05) is 4.90 Å². The van der Waals surface area contributed by atoms with Crippen LogP contribution in [-0.4, -0.2) is 0 Å². The Bertz CT molecular complexity index is 3140. The summed E-state index contributed by atoms with van der Waals surface area (Å²) in [6, 6.07) is 74.0. The number of hydrogen-bond acceptors (Lipinski definition) is 1. The van der Waals surface area contributed by atoms with Gasteiger partial charge in [0.05, 0.1) is 0 Å². The van der Waals surface area contributed by atoms with Gasteiger partial charge in [-0.2, -0.15) is 0 Å². The molecule has 10 aromatic rings. The molecule has 0 aliphatic heterocycles. The maximum atomic E-state index is 2.42. The first kappa shape index (κ1) is 32.5. The summed E-state index contributed by atoms with van der Waals surface area (Å²) in [6.45, 7) is 4.72. The molecule has 1 aliphatic rings. The van der Waals surface area contributed by atoms with Gasteiger partial charge in [0, 0.05) is 22.5 Å². The van der Waals surface area contributed by atoms with Crippen LogP contribution in [0, 0.1) is 0 Å². The van der Waals surface area contributed by atoms with Crippen molar-refractivity contribution in [3.8, 4) is 33.4 Å². The van der Waals surface area contributed by atoms with Gasteiger partial charge in [0.15, 0.2) is 0 Å². The number of rotatable bonds is 5. The second-order valence-corrected chi connectivity index (χ2v) is 15.7. The Morgan fingerprint density at radius 3 is 1.66 bits per heavy atom. The van der Waals surface area contributed by atoms with Gasteiger partial charge >= 0.3 is 0 Å². The van der Waals surface area contributed by atoms with Crippen molar-refractivity contribution < 1.29 is 0 Å². The predicted octanol–water partition coefficient (Wildman–Crippen LogP) is 15.4. The van der Waals surface area contributed by atoms with Crippen molar-refractivity contribution in [1.29, 1.82) is 0 Å². The summed E-state index contributed by atoms with van der Waals surface area (Å²) in [5.74, 6) is 0. The first-order valence-corrected chi connectivity index (χ1v) is 19.6. The molecular weight excluding hydrogens is 675 g/mol. The molecule has 0 unspecified atom stereocenters. The molecule has 0 amide bonds. The maximum Gasteiger partial charge on any atom is 0.0467 e. The molecule has 10 aromatic carbocycles. The number of fused-ring (bicyclic) bond motifs is 10. The quantitative estimate of drug-likeness (QED) is 0.161. The normalized spacial score (nSPS) is 13.0. The highest BCUT2D eigenvalue weighted by atomic mass is 15.1. The molecule has 0 N–H and O–H groups in total. The summed E-state index contributed by atoms with van der Waals surface area (Å²) in [5, 5.41) is 10.3. The van der Waals surface area contributed by atoms with Crippen LogP contribution in [-0.2, 0) is 5.41 Å². The van der Waals surface area contributed by atoms with E-state index in [1.54, 1.807) is 0 Å². The van der Waals surface area contributed by atoms with E-state index >= 15 is 0 Å². The van der Waals surface area contributed by atoms with E-state index in [0.717, 1.165) is 17.1 Å². The van der Waals surface area contributed by atoms with Crippen molar-refractivity contribution in [3.05, 3.63) is 211 Å². The summed E-state index contributed by atoms with van der Waals surface area (Å²) in [5.41, 5.74) is 13.5. The van der Waals surface area contributed by atoms with Gasteiger partial charge in [0.2, 0.25) is 0 Å². The van der Waals surface area contributed by atoms with Crippen molar-refractivity contribution in [3.63, 3.8) is 0 Å². The molecular formula is C55H39N. The fourth-order valence-electron chi connectivity index (χ4n) is 9.36. The van der Waals surface area contributed by atoms with Gasteiger partial charge < -0.3 is 4.90 Å². The lowest BCUT2D eigenvalue weighted by Gasteiger charge is -2.28. The second kappa shape index (κ2) is 12.5. The molecule has 0 atom stereocenters. The summed E-state index contributed by atoms with van der Waals surface area (Å²) >= 11 is 0. The zero-order valence-corrected chi connectivity index (χ0v) is 31.5. The minimum absolute atomic E-state index is 0.101. The first-order valence-electron chi connectivity index (χ1n) is 19.6. The van der Waals surface area contributed by atoms with Crippen molar-refractivity contribution >= 4 is 60.2 Å². The summed E-state index contributed by atoms with van der Waals surface area (Å²) in [7, 11) is 0. The van der Waals surface area contributed by atoms with Crippen LogP contribution in [0.5, 0.6) is 0 Å². The topological polar surface area (TPSA) is 3.24 Å². The molecule has 264 valence electrons. The molecule has 0 aromatic heterocycles. The molecule has 11 rings (SSSR count). The van der Waals surface area contributed by atoms with E-state index in [9.17, 15) is 0 Å². The van der Waals surface area contributed by atoms with Gasteiger partial charge in [-0.15, -0.1) is 0 Å². The zero-order chi connectivity index (χ0) is 37.4. The maximum absolute atomic E-state index is 2.42. The lowest BCUT2D eigenvalue weighted by Crippen LogP contribution is -2.16. The van der Waals surface area contributed by atoms with E-state index in [4.69, 9.17) is 0 Å². The largest absolute Gasteiger partial charge is 0.310 e. The van der Waals surface area contributed by atoms with Gasteiger partial charge in [0.1, 0.15) is 0 Å². The SMILES string of the molecule is CC1(C)c2ccccc2-c2ccc(N(c3ccc(-c4ccccc4)cc3)c3cccc(-c4ccc5ccc6ccc7ccc8ccccc8c7c6c5c4)c3)cc21. The molecule has 0 saturated heterocycles. The van der Waals surface area contributed by atoms with Crippen molar-refractivity contribution in [2.24, 2.45) is 0 Å². The minimum atomic E-state index is -0.101. The van der Waals surface area contributed by atoms with Crippen LogP contribution < -0.4 is 4.90 Å². The Morgan fingerprint density at radius 1 is 0.321 bits per heavy atom. The van der Waals surface area contributed by atoms with Crippen LogP contribution in [0.3, 0.4) is 0 Å². The van der Waals surface area contributed by atoms with E-state index in [1.165, 1.54) is 87.6 Å². The third kappa shape index (κ3) is 5.08. The molecule has 0 spiro atoms. The Hall–Kier alpha value is -6.96. The molecule has 0 fully saturated rings. The standard InChI is InChI=1S/C55H39N/c1-55(2)51-18-9-8-17-48(51)49-32-31-46(35-52(49)55)56(44-29-27-37(28-30-44)36-11-4-3-5-12-36)45-15-10-14-42(33-45)43-26-21-39-20-23-41-25-24-40-22-19-38-13-6-7-16-47(38)53(40)54(41)50(39)34-43/h3-35H,1-2H3. The number of anilines is 3. The van der Waals surface area contributed by atoms with Gasteiger partial charge in [-0.25, -0.2) is 0 Å². The third-order valence-electron chi connectivity index (χ3n) is 12.2. The van der Waals surface area contributed by atoms with Gasteiger partial charge in [-0.3, -0.25) is 0 Å². The highest BCUT2D eigenvalue weighted by Crippen LogP contribution is 2.51. The highest BCUT2D eigenvalue weighted by molar-refractivity contribution is 6.27. The molecule has 1 nitrogen and oxygen atoms in total. The number of benzene rings is 10. The van der Waals surface area contributed by atoms with Crippen LogP contribution in [0.25, 0.3) is 76.5 Å². The monoisotopic (exact) mass is 713 g/mol. The zero-order valence-electron chi connectivity index (χ0n) is 31.5. The fraction of sp³-hybridized carbons (Fsp3) is 0.0545. The molecule has 0 heterocycles. The average molecular weight is 714 g/mol. The van der Waals surface area contributed by atoms with Crippen molar-refractivity contribution in [1.82, 2.24) is 0 Å². The minimum Gasteiger partial charge on any atom is -0.310 e.